The zero-order valence-corrected chi connectivity index (χ0v) is 25.6. The predicted octanol–water partition coefficient (Wildman–Crippen LogP) is 3.80. The van der Waals surface area contributed by atoms with Crippen molar-refractivity contribution in [2.24, 2.45) is 5.92 Å². The zero-order valence-electron chi connectivity index (χ0n) is 25.6. The summed E-state index contributed by atoms with van der Waals surface area (Å²) in [5.74, 6) is -0.769. The number of benzene rings is 2. The fourth-order valence-electron chi connectivity index (χ4n) is 6.25. The van der Waals surface area contributed by atoms with Crippen LogP contribution in [0.4, 0.5) is 19.7 Å². The summed E-state index contributed by atoms with van der Waals surface area (Å²) in [4.78, 5) is 67.9. The molecule has 2 aliphatic heterocycles. The van der Waals surface area contributed by atoms with Crippen molar-refractivity contribution in [3.8, 4) is 0 Å². The molecule has 0 bridgehead atoms. The Balaban J connectivity index is 1.16. The molecule has 1 saturated heterocycles. The van der Waals surface area contributed by atoms with Crippen LogP contribution in [0.2, 0.25) is 0 Å². The average molecular weight is 621 g/mol. The van der Waals surface area contributed by atoms with Gasteiger partial charge in [-0.25, -0.2) is 18.8 Å². The number of rotatable bonds is 6. The lowest BCUT2D eigenvalue weighted by molar-refractivity contribution is 0.0912. The van der Waals surface area contributed by atoms with E-state index in [9.17, 15) is 24.0 Å². The lowest BCUT2D eigenvalue weighted by atomic mass is 10.0. The largest absolute Gasteiger partial charge is 0.453 e. The molecule has 1 aliphatic carbocycles. The maximum Gasteiger partial charge on any atom is 0.410 e. The Morgan fingerprint density at radius 3 is 2.49 bits per heavy atom. The molecule has 3 aliphatic rings. The Bertz CT molecular complexity index is 1810. The maximum absolute atomic E-state index is 15.4. The van der Waals surface area contributed by atoms with Gasteiger partial charge in [0.15, 0.2) is 0 Å². The highest BCUT2D eigenvalue weighted by atomic mass is 19.1. The van der Waals surface area contributed by atoms with Crippen molar-refractivity contribution in [3.05, 3.63) is 73.7 Å². The molecular formula is C32H37FN6O6. The number of nitrogens with one attached hydrogen (secondary N) is 2. The van der Waals surface area contributed by atoms with E-state index in [-0.39, 0.29) is 47.0 Å². The lowest BCUT2D eigenvalue weighted by Crippen LogP contribution is -2.50. The van der Waals surface area contributed by atoms with Gasteiger partial charge in [-0.3, -0.25) is 23.6 Å². The van der Waals surface area contributed by atoms with Gasteiger partial charge in [-0.2, -0.15) is 0 Å². The molecule has 1 saturated carbocycles. The van der Waals surface area contributed by atoms with Crippen molar-refractivity contribution in [2.75, 3.05) is 25.5 Å². The summed E-state index contributed by atoms with van der Waals surface area (Å²) in [6, 6.07) is 6.56. The monoisotopic (exact) mass is 620 g/mol. The van der Waals surface area contributed by atoms with E-state index >= 15 is 4.39 Å². The standard InChI is InChI=1S/C32H37FN6O6/c1-18(2)39-27-13-25(33)26(12-24(27)29(41)38(31(39)43)14-19-6-7-19)35-30(42)36-10-4-5-23(17-36)34-28(40)20-8-9-21-15-37(32(44)45-3)16-22(21)11-20/h8-9,11-13,18-19,23H,4-7,10,14-17H2,1-3H3,(H,34,40)(H,35,42). The number of nitrogens with zero attached hydrogens (tertiary/aromatic N) is 4. The van der Waals surface area contributed by atoms with Crippen molar-refractivity contribution >= 4 is 34.6 Å². The number of hydrogen-bond acceptors (Lipinski definition) is 6. The molecule has 238 valence electrons. The Morgan fingerprint density at radius 1 is 1.02 bits per heavy atom. The number of carbonyl (C=O) groups excluding carboxylic acids is 3. The van der Waals surface area contributed by atoms with Crippen LogP contribution in [0.15, 0.2) is 39.9 Å². The summed E-state index contributed by atoms with van der Waals surface area (Å²) in [5.41, 5.74) is 1.35. The van der Waals surface area contributed by atoms with E-state index in [2.05, 4.69) is 10.6 Å². The molecule has 4 amide bonds. The molecule has 45 heavy (non-hydrogen) atoms. The molecule has 6 rings (SSSR count). The topological polar surface area (TPSA) is 135 Å². The van der Waals surface area contributed by atoms with Gasteiger partial charge in [0, 0.05) is 56.4 Å². The predicted molar refractivity (Wildman–Crippen MR) is 165 cm³/mol. The minimum atomic E-state index is -0.756. The van der Waals surface area contributed by atoms with Gasteiger partial charge in [-0.15, -0.1) is 0 Å². The van der Waals surface area contributed by atoms with Crippen LogP contribution >= 0.6 is 0 Å². The Labute approximate surface area is 258 Å². The van der Waals surface area contributed by atoms with Gasteiger partial charge in [-0.1, -0.05) is 6.07 Å². The molecule has 2 aromatic carbocycles. The molecule has 2 fully saturated rings. The third kappa shape index (κ3) is 6.03. The van der Waals surface area contributed by atoms with Crippen molar-refractivity contribution in [3.63, 3.8) is 0 Å². The number of methoxy groups -OCH3 is 1. The number of hydrogen-bond donors (Lipinski definition) is 2. The molecule has 3 heterocycles. The fourth-order valence-corrected chi connectivity index (χ4v) is 6.25. The first-order chi connectivity index (χ1) is 21.5. The highest BCUT2D eigenvalue weighted by molar-refractivity contribution is 5.95. The van der Waals surface area contributed by atoms with E-state index < -0.39 is 29.2 Å². The number of carbonyl (C=O) groups is 3. The number of amides is 4. The quantitative estimate of drug-likeness (QED) is 0.431. The van der Waals surface area contributed by atoms with Crippen LogP contribution in [0.25, 0.3) is 10.9 Å². The van der Waals surface area contributed by atoms with Gasteiger partial charge >= 0.3 is 17.8 Å². The number of ether oxygens (including phenoxy) is 1. The van der Waals surface area contributed by atoms with Crippen molar-refractivity contribution in [2.45, 2.75) is 71.2 Å². The Kier molecular flexibility index (Phi) is 8.10. The number of likely N-dealkylation sites (tertiary alicyclic amines) is 1. The molecule has 1 unspecified atom stereocenters. The highest BCUT2D eigenvalue weighted by Gasteiger charge is 2.29. The van der Waals surface area contributed by atoms with Gasteiger partial charge in [0.2, 0.25) is 0 Å². The molecule has 0 spiro atoms. The van der Waals surface area contributed by atoms with Crippen LogP contribution in [0, 0.1) is 11.7 Å². The van der Waals surface area contributed by atoms with E-state index in [4.69, 9.17) is 4.74 Å². The van der Waals surface area contributed by atoms with E-state index in [1.807, 2.05) is 6.07 Å². The number of urea groups is 1. The smallest absolute Gasteiger partial charge is 0.410 e. The van der Waals surface area contributed by atoms with Crippen LogP contribution in [0.3, 0.4) is 0 Å². The fraction of sp³-hybridized carbons (Fsp3) is 0.469. The second-order valence-electron chi connectivity index (χ2n) is 12.5. The minimum absolute atomic E-state index is 0.151. The summed E-state index contributed by atoms with van der Waals surface area (Å²) in [5, 5.41) is 5.76. The number of anilines is 1. The first kappa shape index (κ1) is 30.4. The minimum Gasteiger partial charge on any atom is -0.453 e. The van der Waals surface area contributed by atoms with Crippen LogP contribution in [-0.2, 0) is 24.4 Å². The van der Waals surface area contributed by atoms with E-state index in [0.717, 1.165) is 30.0 Å². The van der Waals surface area contributed by atoms with E-state index in [0.29, 0.717) is 44.6 Å². The van der Waals surface area contributed by atoms with Gasteiger partial charge in [0.1, 0.15) is 5.82 Å². The first-order valence-corrected chi connectivity index (χ1v) is 15.3. The Morgan fingerprint density at radius 2 is 1.78 bits per heavy atom. The normalized spacial score (nSPS) is 17.8. The van der Waals surface area contributed by atoms with Crippen LogP contribution in [0.5, 0.6) is 0 Å². The van der Waals surface area contributed by atoms with Gasteiger partial charge in [-0.05, 0) is 74.8 Å². The average Bonchev–Trinajstić information content (AvgIpc) is 3.74. The summed E-state index contributed by atoms with van der Waals surface area (Å²) in [6.45, 7) is 5.32. The third-order valence-electron chi connectivity index (χ3n) is 8.82. The molecule has 2 N–H and O–H groups in total. The first-order valence-electron chi connectivity index (χ1n) is 15.3. The Hall–Kier alpha value is -4.68. The summed E-state index contributed by atoms with van der Waals surface area (Å²) in [6.07, 6.45) is 2.77. The number of aromatic nitrogens is 2. The number of fused-ring (bicyclic) bond motifs is 2. The highest BCUT2D eigenvalue weighted by Crippen LogP contribution is 2.30. The molecule has 1 atom stereocenters. The van der Waals surface area contributed by atoms with Crippen molar-refractivity contribution < 1.29 is 23.5 Å². The number of piperidine rings is 1. The van der Waals surface area contributed by atoms with Crippen molar-refractivity contribution in [1.82, 2.24) is 24.3 Å². The zero-order chi connectivity index (χ0) is 32.0. The lowest BCUT2D eigenvalue weighted by Gasteiger charge is -2.33. The third-order valence-corrected chi connectivity index (χ3v) is 8.82. The molecule has 1 aromatic heterocycles. The van der Waals surface area contributed by atoms with Crippen LogP contribution < -0.4 is 21.9 Å². The summed E-state index contributed by atoms with van der Waals surface area (Å²) < 4.78 is 22.8. The summed E-state index contributed by atoms with van der Waals surface area (Å²) in [7, 11) is 1.33. The second-order valence-corrected chi connectivity index (χ2v) is 12.5. The van der Waals surface area contributed by atoms with Crippen molar-refractivity contribution in [1.29, 1.82) is 0 Å². The van der Waals surface area contributed by atoms with Gasteiger partial charge < -0.3 is 20.3 Å². The molecule has 0 radical (unpaired) electrons. The van der Waals surface area contributed by atoms with Crippen LogP contribution in [0.1, 0.15) is 67.1 Å². The van der Waals surface area contributed by atoms with Crippen LogP contribution in [-0.4, -0.2) is 63.2 Å². The second kappa shape index (κ2) is 12.0. The summed E-state index contributed by atoms with van der Waals surface area (Å²) >= 11 is 0. The van der Waals surface area contributed by atoms with E-state index in [1.165, 1.54) is 27.2 Å². The maximum atomic E-state index is 15.4. The molecule has 13 heteroatoms. The van der Waals surface area contributed by atoms with Gasteiger partial charge in [0.25, 0.3) is 11.5 Å². The molecular weight excluding hydrogens is 583 g/mol. The number of halogens is 1. The SMILES string of the molecule is COC(=O)N1Cc2ccc(C(=O)NC3CCCN(C(=O)Nc4cc5c(=O)n(CC6CC6)c(=O)n(C(C)C)c5cc4F)C3)cc2C1. The van der Waals surface area contributed by atoms with Gasteiger partial charge in [0.05, 0.1) is 23.7 Å². The van der Waals surface area contributed by atoms with E-state index in [1.54, 1.807) is 30.9 Å². The molecule has 12 nitrogen and oxygen atoms in total. The molecule has 3 aromatic rings.